The van der Waals surface area contributed by atoms with E-state index in [0.29, 0.717) is 55.7 Å². The molecule has 1 aromatic carbocycles. The second kappa shape index (κ2) is 14.3. The van der Waals surface area contributed by atoms with Crippen LogP contribution in [0.1, 0.15) is 58.4 Å². The topological polar surface area (TPSA) is 99.6 Å². The van der Waals surface area contributed by atoms with Gasteiger partial charge in [0, 0.05) is 50.7 Å². The van der Waals surface area contributed by atoms with Crippen LogP contribution in [-0.4, -0.2) is 91.0 Å². The minimum Gasteiger partial charge on any atom is -0.457 e. The third kappa shape index (κ3) is 8.41. The molecule has 3 aliphatic rings. The van der Waals surface area contributed by atoms with Gasteiger partial charge >= 0.3 is 12.1 Å². The van der Waals surface area contributed by atoms with Gasteiger partial charge in [-0.1, -0.05) is 26.0 Å². The number of aliphatic hydroxyl groups excluding tert-OH is 1. The molecule has 3 heterocycles. The monoisotopic (exact) mass is 585 g/mol. The van der Waals surface area contributed by atoms with Gasteiger partial charge in [0.1, 0.15) is 18.0 Å². The molecule has 4 rings (SSSR count). The van der Waals surface area contributed by atoms with E-state index in [0.717, 1.165) is 19.5 Å². The number of carbonyl (C=O) groups is 3. The van der Waals surface area contributed by atoms with E-state index in [-0.39, 0.29) is 30.3 Å². The number of hydrogen-bond acceptors (Lipinski definition) is 7. The van der Waals surface area contributed by atoms with Gasteiger partial charge in [0.2, 0.25) is 5.91 Å². The lowest BCUT2D eigenvalue weighted by molar-refractivity contribution is -0.151. The van der Waals surface area contributed by atoms with E-state index in [9.17, 15) is 23.9 Å². The van der Waals surface area contributed by atoms with Crippen molar-refractivity contribution in [3.8, 4) is 0 Å². The summed E-state index contributed by atoms with van der Waals surface area (Å²) in [4.78, 5) is 43.5. The molecular weight excluding hydrogens is 541 g/mol. The number of aliphatic hydroxyl groups is 1. The van der Waals surface area contributed by atoms with E-state index >= 15 is 0 Å². The highest BCUT2D eigenvalue weighted by molar-refractivity contribution is 5.95. The Morgan fingerprint density at radius 1 is 1.07 bits per heavy atom. The molecule has 0 aromatic heterocycles. The molecule has 0 saturated carbocycles. The number of carbonyl (C=O) groups excluding carboxylic acids is 3. The zero-order chi connectivity index (χ0) is 30.4. The molecule has 5 atom stereocenters. The van der Waals surface area contributed by atoms with Crippen LogP contribution in [0.25, 0.3) is 6.08 Å². The number of benzene rings is 1. The highest BCUT2D eigenvalue weighted by Gasteiger charge is 2.29. The number of cyclic esters (lactones) is 1. The first-order chi connectivity index (χ1) is 20.0. The highest BCUT2D eigenvalue weighted by Crippen LogP contribution is 2.28. The van der Waals surface area contributed by atoms with Crippen LogP contribution in [0.3, 0.4) is 0 Å². The summed E-state index contributed by atoms with van der Waals surface area (Å²) in [5.74, 6) is -1.41. The van der Waals surface area contributed by atoms with Crippen LogP contribution in [0.2, 0.25) is 0 Å². The second-order valence-electron chi connectivity index (χ2n) is 12.0. The fraction of sp³-hybridized carbons (Fsp3) is 0.594. The number of hydrogen-bond donors (Lipinski definition) is 1. The summed E-state index contributed by atoms with van der Waals surface area (Å²) in [7, 11) is 2.02. The van der Waals surface area contributed by atoms with E-state index in [1.54, 1.807) is 21.9 Å². The summed E-state index contributed by atoms with van der Waals surface area (Å²) >= 11 is 0. The summed E-state index contributed by atoms with van der Waals surface area (Å²) in [6.45, 7) is 9.01. The Morgan fingerprint density at radius 3 is 2.50 bits per heavy atom. The smallest absolute Gasteiger partial charge is 0.410 e. The molecule has 1 N–H and O–H groups in total. The third-order valence-corrected chi connectivity index (χ3v) is 8.39. The number of esters is 1. The van der Waals surface area contributed by atoms with Gasteiger partial charge in [-0.3, -0.25) is 9.59 Å². The molecule has 2 amide bonds. The molecule has 0 unspecified atom stereocenters. The molecule has 230 valence electrons. The molecule has 3 aliphatic heterocycles. The maximum absolute atomic E-state index is 14.6. The molecule has 0 radical (unpaired) electrons. The van der Waals surface area contributed by atoms with Crippen LogP contribution in [0.4, 0.5) is 14.9 Å². The largest absolute Gasteiger partial charge is 0.457 e. The Bertz CT molecular complexity index is 1190. The Hall–Kier alpha value is -3.24. The van der Waals surface area contributed by atoms with Crippen LogP contribution in [0.15, 0.2) is 35.9 Å². The van der Waals surface area contributed by atoms with Crippen molar-refractivity contribution in [2.45, 2.75) is 71.2 Å². The SMILES string of the molecule is C/C(=C\c1cc(F)cc(N2CCCC2=O)c1)[C@H]1OC(=O)C[C@H](O)CC[C@H](C)[C@@H](OC(=O)N2CCN(C)CC2)/C=C/[C@@H]1C. The fourth-order valence-electron chi connectivity index (χ4n) is 5.73. The lowest BCUT2D eigenvalue weighted by Gasteiger charge is -2.33. The zero-order valence-electron chi connectivity index (χ0n) is 25.1. The lowest BCUT2D eigenvalue weighted by atomic mass is 9.91. The molecule has 0 bridgehead atoms. The molecule has 0 aliphatic carbocycles. The average molecular weight is 586 g/mol. The van der Waals surface area contributed by atoms with Crippen molar-refractivity contribution in [3.63, 3.8) is 0 Å². The number of halogens is 1. The van der Waals surface area contributed by atoms with Gasteiger partial charge in [-0.05, 0) is 74.6 Å². The minimum atomic E-state index is -0.888. The van der Waals surface area contributed by atoms with E-state index in [1.807, 2.05) is 40.0 Å². The molecule has 2 saturated heterocycles. The van der Waals surface area contributed by atoms with E-state index in [4.69, 9.17) is 9.47 Å². The number of anilines is 1. The third-order valence-electron chi connectivity index (χ3n) is 8.39. The first-order valence-electron chi connectivity index (χ1n) is 15.0. The van der Waals surface area contributed by atoms with Crippen LogP contribution in [-0.2, 0) is 19.1 Å². The Labute approximate surface area is 247 Å². The summed E-state index contributed by atoms with van der Waals surface area (Å²) in [5.41, 5.74) is 1.73. The Balaban J connectivity index is 1.57. The second-order valence-corrected chi connectivity index (χ2v) is 12.0. The first-order valence-corrected chi connectivity index (χ1v) is 15.0. The zero-order valence-corrected chi connectivity index (χ0v) is 25.1. The fourth-order valence-corrected chi connectivity index (χ4v) is 5.73. The number of nitrogens with zero attached hydrogens (tertiary/aromatic N) is 3. The van der Waals surface area contributed by atoms with Gasteiger partial charge in [-0.25, -0.2) is 9.18 Å². The summed E-state index contributed by atoms with van der Waals surface area (Å²) in [6.07, 6.45) is 4.99. The van der Waals surface area contributed by atoms with Crippen LogP contribution in [0.5, 0.6) is 0 Å². The average Bonchev–Trinajstić information content (AvgIpc) is 3.37. The summed E-state index contributed by atoms with van der Waals surface area (Å²) in [5, 5.41) is 10.6. The predicted molar refractivity (Wildman–Crippen MR) is 158 cm³/mol. The van der Waals surface area contributed by atoms with Crippen LogP contribution >= 0.6 is 0 Å². The van der Waals surface area contributed by atoms with Gasteiger partial charge in [0.15, 0.2) is 0 Å². The van der Waals surface area contributed by atoms with Crippen molar-refractivity contribution in [1.82, 2.24) is 9.80 Å². The molecule has 0 spiro atoms. The van der Waals surface area contributed by atoms with E-state index < -0.39 is 30.1 Å². The number of ether oxygens (including phenoxy) is 2. The molecule has 9 nitrogen and oxygen atoms in total. The summed E-state index contributed by atoms with van der Waals surface area (Å²) < 4.78 is 26.4. The lowest BCUT2D eigenvalue weighted by Crippen LogP contribution is -2.48. The summed E-state index contributed by atoms with van der Waals surface area (Å²) in [6, 6.07) is 4.49. The van der Waals surface area contributed by atoms with Gasteiger partial charge in [-0.15, -0.1) is 0 Å². The van der Waals surface area contributed by atoms with Gasteiger partial charge in [-0.2, -0.15) is 0 Å². The Morgan fingerprint density at radius 2 is 1.81 bits per heavy atom. The quantitative estimate of drug-likeness (QED) is 0.413. The number of rotatable bonds is 4. The van der Waals surface area contributed by atoms with Crippen molar-refractivity contribution in [2.75, 3.05) is 44.7 Å². The molecular formula is C32H44FN3O6. The number of likely N-dealkylation sites (N-methyl/N-ethyl adjacent to an activating group) is 1. The van der Waals surface area contributed by atoms with E-state index in [1.165, 1.54) is 12.1 Å². The van der Waals surface area contributed by atoms with Crippen LogP contribution < -0.4 is 4.90 Å². The van der Waals surface area contributed by atoms with E-state index in [2.05, 4.69) is 4.90 Å². The maximum atomic E-state index is 14.6. The first kappa shape index (κ1) is 31.7. The highest BCUT2D eigenvalue weighted by atomic mass is 19.1. The van der Waals surface area contributed by atoms with Crippen molar-refractivity contribution >= 4 is 29.7 Å². The maximum Gasteiger partial charge on any atom is 0.410 e. The van der Waals surface area contributed by atoms with Gasteiger partial charge < -0.3 is 29.3 Å². The van der Waals surface area contributed by atoms with Crippen molar-refractivity contribution in [2.24, 2.45) is 11.8 Å². The standard InChI is InChI=1S/C32H44FN3O6/c1-21-7-9-27(37)20-30(39)42-31(22(2)8-10-28(21)41-32(40)35-14-12-34(4)13-15-35)23(3)16-24-17-25(33)19-26(18-24)36-11-5-6-29(36)38/h8,10,16-19,21-22,27-28,31,37H,5-7,9,11-15,20H2,1-4H3/b10-8+,23-16+/t21-,22-,27+,28-,31-/m0/s1. The van der Waals surface area contributed by atoms with Crippen molar-refractivity contribution in [1.29, 1.82) is 0 Å². The minimum absolute atomic E-state index is 0.0325. The number of piperazine rings is 1. The van der Waals surface area contributed by atoms with Crippen molar-refractivity contribution < 1.29 is 33.4 Å². The van der Waals surface area contributed by atoms with Gasteiger partial charge in [0.05, 0.1) is 12.5 Å². The Kier molecular flexibility index (Phi) is 10.8. The molecule has 1 aromatic rings. The molecule has 42 heavy (non-hydrogen) atoms. The van der Waals surface area contributed by atoms with Crippen molar-refractivity contribution in [3.05, 3.63) is 47.3 Å². The molecule has 2 fully saturated rings. The predicted octanol–water partition coefficient (Wildman–Crippen LogP) is 4.39. The van der Waals surface area contributed by atoms with Crippen LogP contribution in [0, 0.1) is 17.7 Å². The molecule has 10 heteroatoms. The normalized spacial score (nSPS) is 29.5. The van der Waals surface area contributed by atoms with Gasteiger partial charge in [0.25, 0.3) is 0 Å². The number of amides is 2.